The Balaban J connectivity index is 1.36. The van der Waals surface area contributed by atoms with E-state index >= 15 is 0 Å². The number of aromatic nitrogens is 1. The summed E-state index contributed by atoms with van der Waals surface area (Å²) in [5.74, 6) is 0.241. The number of nitrogens with zero attached hydrogens (tertiary/aromatic N) is 3. The number of likely N-dealkylation sites (tertiary alicyclic amines) is 1. The number of carbonyl (C=O) groups excluding carboxylic acids is 1. The first kappa shape index (κ1) is 22.7. The molecular weight excluding hydrogens is 438 g/mol. The number of amides is 1. The highest BCUT2D eigenvalue weighted by Crippen LogP contribution is 2.32. The van der Waals surface area contributed by atoms with Crippen molar-refractivity contribution < 1.29 is 4.79 Å². The molecule has 1 aromatic heterocycles. The molecule has 3 heterocycles. The number of carbonyl (C=O) groups is 1. The molecule has 0 aliphatic carbocycles. The van der Waals surface area contributed by atoms with Crippen molar-refractivity contribution in [1.29, 1.82) is 0 Å². The first-order valence-electron chi connectivity index (χ1n) is 11.4. The molecule has 6 nitrogen and oxygen atoms in total. The maximum atomic E-state index is 13.0. The van der Waals surface area contributed by atoms with E-state index in [4.69, 9.17) is 17.2 Å². The van der Waals surface area contributed by atoms with Crippen LogP contribution in [0.1, 0.15) is 53.5 Å². The topological polar surface area (TPSA) is 60.5 Å². The van der Waals surface area contributed by atoms with Gasteiger partial charge in [-0.2, -0.15) is 0 Å². The predicted molar refractivity (Wildman–Crippen MR) is 137 cm³/mol. The number of benzene rings is 1. The number of hydrogen-bond donors (Lipinski definition) is 2. The third kappa shape index (κ3) is 5.48. The van der Waals surface area contributed by atoms with Crippen LogP contribution in [0, 0.1) is 0 Å². The molecule has 2 aromatic rings. The number of para-hydroxylation sites is 2. The van der Waals surface area contributed by atoms with Crippen molar-refractivity contribution in [2.24, 2.45) is 0 Å². The summed E-state index contributed by atoms with van der Waals surface area (Å²) in [5, 5.41) is 10.0. The third-order valence-electron chi connectivity index (χ3n) is 6.13. The lowest BCUT2D eigenvalue weighted by molar-refractivity contribution is 0.102. The Hall–Kier alpha value is -2.45. The van der Waals surface area contributed by atoms with Gasteiger partial charge in [0.25, 0.3) is 5.91 Å². The van der Waals surface area contributed by atoms with E-state index < -0.39 is 0 Å². The maximum absolute atomic E-state index is 13.0. The van der Waals surface area contributed by atoms with Crippen LogP contribution in [0.2, 0.25) is 0 Å². The minimum atomic E-state index is -0.135. The number of piperidine rings is 2. The Morgan fingerprint density at radius 3 is 2.69 bits per heavy atom. The highest BCUT2D eigenvalue weighted by atomic mass is 32.1. The average molecular weight is 470 g/mol. The summed E-state index contributed by atoms with van der Waals surface area (Å²) >= 11 is 7.04. The van der Waals surface area contributed by atoms with Gasteiger partial charge in [0.05, 0.1) is 16.4 Å². The molecule has 0 bridgehead atoms. The average Bonchev–Trinajstić information content (AvgIpc) is 3.34. The van der Waals surface area contributed by atoms with Crippen LogP contribution in [-0.4, -0.2) is 53.6 Å². The molecule has 0 saturated carbocycles. The van der Waals surface area contributed by atoms with Crippen molar-refractivity contribution in [3.05, 3.63) is 53.0 Å². The zero-order chi connectivity index (χ0) is 22.3. The van der Waals surface area contributed by atoms with Gasteiger partial charge in [-0.1, -0.05) is 18.2 Å². The van der Waals surface area contributed by atoms with Gasteiger partial charge in [-0.25, -0.2) is 4.98 Å². The summed E-state index contributed by atoms with van der Waals surface area (Å²) in [5.41, 5.74) is 2.47. The number of rotatable bonds is 6. The highest BCUT2D eigenvalue weighted by molar-refractivity contribution is 7.80. The molecule has 32 heavy (non-hydrogen) atoms. The lowest BCUT2D eigenvalue weighted by Gasteiger charge is -2.33. The number of thiazole rings is 1. The lowest BCUT2D eigenvalue weighted by atomic mass is 9.98. The maximum Gasteiger partial charge on any atom is 0.275 e. The Bertz CT molecular complexity index is 945. The minimum Gasteiger partial charge on any atom is -0.370 e. The van der Waals surface area contributed by atoms with E-state index in [1.165, 1.54) is 19.3 Å². The van der Waals surface area contributed by atoms with E-state index in [0.717, 1.165) is 60.5 Å². The van der Waals surface area contributed by atoms with Crippen LogP contribution >= 0.6 is 23.6 Å². The van der Waals surface area contributed by atoms with Gasteiger partial charge in [0.1, 0.15) is 5.69 Å². The quantitative estimate of drug-likeness (QED) is 0.475. The normalized spacial score (nSPS) is 17.1. The Morgan fingerprint density at radius 2 is 1.94 bits per heavy atom. The van der Waals surface area contributed by atoms with Gasteiger partial charge >= 0.3 is 0 Å². The largest absolute Gasteiger partial charge is 0.370 e. The van der Waals surface area contributed by atoms with Gasteiger partial charge < -0.3 is 20.4 Å². The van der Waals surface area contributed by atoms with Gasteiger partial charge in [-0.05, 0) is 56.5 Å². The molecule has 4 rings (SSSR count). The Kier molecular flexibility index (Phi) is 7.76. The van der Waals surface area contributed by atoms with E-state index in [1.807, 2.05) is 29.7 Å². The van der Waals surface area contributed by atoms with Crippen LogP contribution in [0.15, 0.2) is 42.3 Å². The van der Waals surface area contributed by atoms with Gasteiger partial charge in [-0.3, -0.25) is 4.79 Å². The second kappa shape index (κ2) is 10.9. The molecule has 0 radical (unpaired) electrons. The smallest absolute Gasteiger partial charge is 0.275 e. The minimum absolute atomic E-state index is 0.135. The molecule has 2 fully saturated rings. The molecule has 8 heteroatoms. The molecular formula is C24H31N5OS2. The molecule has 2 aliphatic heterocycles. The Morgan fingerprint density at radius 1 is 1.19 bits per heavy atom. The van der Waals surface area contributed by atoms with Crippen LogP contribution in [0.25, 0.3) is 0 Å². The van der Waals surface area contributed by atoms with Crippen LogP contribution < -0.4 is 15.5 Å². The number of nitrogens with one attached hydrogen (secondary N) is 2. The molecule has 0 spiro atoms. The zero-order valence-electron chi connectivity index (χ0n) is 18.4. The van der Waals surface area contributed by atoms with Gasteiger partial charge in [0.2, 0.25) is 0 Å². The molecule has 1 aromatic carbocycles. The van der Waals surface area contributed by atoms with E-state index in [0.29, 0.717) is 18.2 Å². The second-order valence-electron chi connectivity index (χ2n) is 8.33. The van der Waals surface area contributed by atoms with E-state index in [9.17, 15) is 4.79 Å². The fourth-order valence-electron chi connectivity index (χ4n) is 4.36. The molecule has 0 atom stereocenters. The van der Waals surface area contributed by atoms with E-state index in [1.54, 1.807) is 11.3 Å². The molecule has 2 N–H and O–H groups in total. The van der Waals surface area contributed by atoms with Crippen molar-refractivity contribution in [1.82, 2.24) is 15.2 Å². The SMILES string of the molecule is C=CCNC(=S)N1CCC(c2nc(C(=O)Nc3ccccc3N3CCCCC3)cs2)CC1. The first-order chi connectivity index (χ1) is 15.7. The molecule has 170 valence electrons. The summed E-state index contributed by atoms with van der Waals surface area (Å²) in [6, 6.07) is 8.08. The molecule has 0 unspecified atom stereocenters. The van der Waals surface area contributed by atoms with Crippen molar-refractivity contribution >= 4 is 45.9 Å². The third-order valence-corrected chi connectivity index (χ3v) is 7.54. The monoisotopic (exact) mass is 469 g/mol. The number of anilines is 2. The molecule has 2 saturated heterocycles. The first-order valence-corrected chi connectivity index (χ1v) is 12.7. The van der Waals surface area contributed by atoms with Crippen LogP contribution in [0.5, 0.6) is 0 Å². The van der Waals surface area contributed by atoms with Gasteiger partial charge in [-0.15, -0.1) is 17.9 Å². The van der Waals surface area contributed by atoms with Crippen molar-refractivity contribution in [2.45, 2.75) is 38.0 Å². The number of thiocarbonyl (C=S) groups is 1. The van der Waals surface area contributed by atoms with Crippen LogP contribution in [-0.2, 0) is 0 Å². The predicted octanol–water partition coefficient (Wildman–Crippen LogP) is 4.63. The summed E-state index contributed by atoms with van der Waals surface area (Å²) in [6.07, 6.45) is 7.47. The molecule has 1 amide bonds. The van der Waals surface area contributed by atoms with Crippen molar-refractivity contribution in [2.75, 3.05) is 42.9 Å². The van der Waals surface area contributed by atoms with Crippen molar-refractivity contribution in [3.63, 3.8) is 0 Å². The fourth-order valence-corrected chi connectivity index (χ4v) is 5.59. The highest BCUT2D eigenvalue weighted by Gasteiger charge is 2.25. The summed E-state index contributed by atoms with van der Waals surface area (Å²) in [4.78, 5) is 22.2. The van der Waals surface area contributed by atoms with Crippen LogP contribution in [0.4, 0.5) is 11.4 Å². The standard InChI is InChI=1S/C24H31N5OS2/c1-2-12-25-24(31)29-15-10-18(11-16-29)23-27-20(17-32-23)22(30)26-19-8-4-5-9-21(19)28-13-6-3-7-14-28/h2,4-5,8-9,17-18H,1,3,6-7,10-16H2,(H,25,31)(H,26,30). The van der Waals surface area contributed by atoms with E-state index in [2.05, 4.69) is 33.1 Å². The zero-order valence-corrected chi connectivity index (χ0v) is 20.0. The summed E-state index contributed by atoms with van der Waals surface area (Å²) in [6.45, 7) is 8.29. The van der Waals surface area contributed by atoms with Crippen LogP contribution in [0.3, 0.4) is 0 Å². The van der Waals surface area contributed by atoms with Gasteiger partial charge in [0, 0.05) is 44.0 Å². The molecule has 2 aliphatic rings. The number of hydrogen-bond acceptors (Lipinski definition) is 5. The second-order valence-corrected chi connectivity index (χ2v) is 9.60. The lowest BCUT2D eigenvalue weighted by Crippen LogP contribution is -2.43. The van der Waals surface area contributed by atoms with E-state index in [-0.39, 0.29) is 5.91 Å². The summed E-state index contributed by atoms with van der Waals surface area (Å²) in [7, 11) is 0. The van der Waals surface area contributed by atoms with Crippen molar-refractivity contribution in [3.8, 4) is 0 Å². The summed E-state index contributed by atoms with van der Waals surface area (Å²) < 4.78 is 0. The fraction of sp³-hybridized carbons (Fsp3) is 0.458. The van der Waals surface area contributed by atoms with Gasteiger partial charge in [0.15, 0.2) is 5.11 Å². The Labute approximate surface area is 199 Å².